The minimum Gasteiger partial charge on any atom is -0.385 e. The van der Waals surface area contributed by atoms with Crippen LogP contribution in [0.3, 0.4) is 0 Å². The van der Waals surface area contributed by atoms with Crippen LogP contribution in [-0.4, -0.2) is 29.3 Å². The van der Waals surface area contributed by atoms with Crippen molar-refractivity contribution in [3.63, 3.8) is 0 Å². The number of imidazole rings is 1. The third-order valence-electron chi connectivity index (χ3n) is 2.74. The number of ether oxygens (including phenoxy) is 1. The number of nitrogens with zero attached hydrogens (tertiary/aromatic N) is 2. The molecule has 0 aromatic carbocycles. The Hall–Kier alpha value is -1.03. The Kier molecular flexibility index (Phi) is 6.05. The highest BCUT2D eigenvalue weighted by Gasteiger charge is 2.08. The maximum absolute atomic E-state index is 5.08. The first-order chi connectivity index (χ1) is 8.17. The molecule has 0 saturated heterocycles. The molecule has 1 heterocycles. The van der Waals surface area contributed by atoms with Crippen molar-refractivity contribution >= 4 is 5.95 Å². The van der Waals surface area contributed by atoms with E-state index in [4.69, 9.17) is 4.74 Å². The standard InChI is InChI=1S/C13H25N3O/c1-5-7-11(2)14-13-15-12(3)10-16(13)8-6-9-17-4/h10-11H,5-9H2,1-4H3,(H,14,15). The van der Waals surface area contributed by atoms with Gasteiger partial charge in [-0.2, -0.15) is 0 Å². The molecule has 1 unspecified atom stereocenters. The summed E-state index contributed by atoms with van der Waals surface area (Å²) in [7, 11) is 1.74. The smallest absolute Gasteiger partial charge is 0.203 e. The number of aryl methyl sites for hydroxylation is 2. The summed E-state index contributed by atoms with van der Waals surface area (Å²) in [6, 6.07) is 0.475. The number of aromatic nitrogens is 2. The lowest BCUT2D eigenvalue weighted by Crippen LogP contribution is -2.18. The molecule has 98 valence electrons. The minimum absolute atomic E-state index is 0.475. The number of rotatable bonds is 8. The lowest BCUT2D eigenvalue weighted by molar-refractivity contribution is 0.190. The molecule has 1 rings (SSSR count). The zero-order chi connectivity index (χ0) is 12.7. The van der Waals surface area contributed by atoms with Gasteiger partial charge in [-0.1, -0.05) is 13.3 Å². The van der Waals surface area contributed by atoms with Crippen molar-refractivity contribution in [2.24, 2.45) is 0 Å². The van der Waals surface area contributed by atoms with Gasteiger partial charge in [0.2, 0.25) is 5.95 Å². The molecule has 0 bridgehead atoms. The van der Waals surface area contributed by atoms with Gasteiger partial charge in [0.1, 0.15) is 0 Å². The highest BCUT2D eigenvalue weighted by molar-refractivity contribution is 5.29. The fourth-order valence-corrected chi connectivity index (χ4v) is 1.94. The predicted octanol–water partition coefficient (Wildman–Crippen LogP) is 2.83. The zero-order valence-corrected chi connectivity index (χ0v) is 11.5. The van der Waals surface area contributed by atoms with Crippen LogP contribution in [0.2, 0.25) is 0 Å². The monoisotopic (exact) mass is 239 g/mol. The van der Waals surface area contributed by atoms with Crippen molar-refractivity contribution in [1.82, 2.24) is 9.55 Å². The van der Waals surface area contributed by atoms with Crippen LogP contribution in [0, 0.1) is 6.92 Å². The van der Waals surface area contributed by atoms with Crippen molar-refractivity contribution in [3.05, 3.63) is 11.9 Å². The van der Waals surface area contributed by atoms with E-state index < -0.39 is 0 Å². The first kappa shape index (κ1) is 14.0. The first-order valence-corrected chi connectivity index (χ1v) is 6.46. The van der Waals surface area contributed by atoms with Crippen LogP contribution in [0.1, 0.15) is 38.8 Å². The van der Waals surface area contributed by atoms with Gasteiger partial charge in [0.15, 0.2) is 0 Å². The summed E-state index contributed by atoms with van der Waals surface area (Å²) in [6.45, 7) is 8.18. The molecule has 4 nitrogen and oxygen atoms in total. The van der Waals surface area contributed by atoms with E-state index >= 15 is 0 Å². The maximum atomic E-state index is 5.08. The van der Waals surface area contributed by atoms with Gasteiger partial charge in [-0.3, -0.25) is 0 Å². The van der Waals surface area contributed by atoms with E-state index in [0.29, 0.717) is 6.04 Å². The molecule has 0 aliphatic carbocycles. The molecule has 0 aliphatic rings. The van der Waals surface area contributed by atoms with E-state index in [9.17, 15) is 0 Å². The lowest BCUT2D eigenvalue weighted by atomic mass is 10.2. The van der Waals surface area contributed by atoms with Crippen LogP contribution in [0.15, 0.2) is 6.20 Å². The summed E-state index contributed by atoms with van der Waals surface area (Å²) >= 11 is 0. The Balaban J connectivity index is 2.57. The van der Waals surface area contributed by atoms with Gasteiger partial charge in [0, 0.05) is 32.5 Å². The quantitative estimate of drug-likeness (QED) is 0.709. The molecule has 0 spiro atoms. The predicted molar refractivity (Wildman–Crippen MR) is 71.4 cm³/mol. The zero-order valence-electron chi connectivity index (χ0n) is 11.5. The molecular weight excluding hydrogens is 214 g/mol. The van der Waals surface area contributed by atoms with Gasteiger partial charge in [0.05, 0.1) is 5.69 Å². The van der Waals surface area contributed by atoms with Gasteiger partial charge in [0.25, 0.3) is 0 Å². The molecule has 1 N–H and O–H groups in total. The fourth-order valence-electron chi connectivity index (χ4n) is 1.94. The average molecular weight is 239 g/mol. The van der Waals surface area contributed by atoms with Crippen molar-refractivity contribution in [3.8, 4) is 0 Å². The minimum atomic E-state index is 0.475. The highest BCUT2D eigenvalue weighted by Crippen LogP contribution is 2.12. The summed E-state index contributed by atoms with van der Waals surface area (Å²) < 4.78 is 7.26. The summed E-state index contributed by atoms with van der Waals surface area (Å²) in [5.74, 6) is 0.986. The van der Waals surface area contributed by atoms with Crippen LogP contribution in [0.5, 0.6) is 0 Å². The van der Waals surface area contributed by atoms with Crippen molar-refractivity contribution in [1.29, 1.82) is 0 Å². The second-order valence-corrected chi connectivity index (χ2v) is 4.58. The van der Waals surface area contributed by atoms with Crippen molar-refractivity contribution in [2.45, 2.75) is 52.6 Å². The van der Waals surface area contributed by atoms with Crippen molar-refractivity contribution in [2.75, 3.05) is 19.0 Å². The number of methoxy groups -OCH3 is 1. The Labute approximate surface area is 104 Å². The van der Waals surface area contributed by atoms with Crippen LogP contribution in [0.25, 0.3) is 0 Å². The summed E-state index contributed by atoms with van der Waals surface area (Å²) in [4.78, 5) is 4.52. The Bertz CT molecular complexity index is 322. The molecule has 17 heavy (non-hydrogen) atoms. The van der Waals surface area contributed by atoms with Crippen LogP contribution < -0.4 is 5.32 Å². The number of anilines is 1. The Morgan fingerprint density at radius 3 is 2.94 bits per heavy atom. The molecule has 0 amide bonds. The van der Waals surface area contributed by atoms with Crippen molar-refractivity contribution < 1.29 is 4.74 Å². The molecule has 1 aromatic heterocycles. The van der Waals surface area contributed by atoms with Gasteiger partial charge in [-0.05, 0) is 26.7 Å². The largest absolute Gasteiger partial charge is 0.385 e. The SMILES string of the molecule is CCCC(C)Nc1nc(C)cn1CCCOC. The topological polar surface area (TPSA) is 39.1 Å². The van der Waals surface area contributed by atoms with Crippen LogP contribution in [0.4, 0.5) is 5.95 Å². The summed E-state index contributed by atoms with van der Waals surface area (Å²) in [6.07, 6.45) is 5.47. The van der Waals surface area contributed by atoms with E-state index in [0.717, 1.165) is 31.2 Å². The molecule has 0 aliphatic heterocycles. The van der Waals surface area contributed by atoms with Gasteiger partial charge in [-0.25, -0.2) is 4.98 Å². The van der Waals surface area contributed by atoms with E-state index in [1.54, 1.807) is 7.11 Å². The third-order valence-corrected chi connectivity index (χ3v) is 2.74. The number of hydrogen-bond donors (Lipinski definition) is 1. The average Bonchev–Trinajstić information content (AvgIpc) is 2.60. The molecule has 0 fully saturated rings. The number of hydrogen-bond acceptors (Lipinski definition) is 3. The molecular formula is C13H25N3O. The van der Waals surface area contributed by atoms with E-state index in [1.807, 2.05) is 6.92 Å². The highest BCUT2D eigenvalue weighted by atomic mass is 16.5. The maximum Gasteiger partial charge on any atom is 0.203 e. The van der Waals surface area contributed by atoms with E-state index in [2.05, 4.69) is 34.9 Å². The molecule has 1 aromatic rings. The Morgan fingerprint density at radius 1 is 1.53 bits per heavy atom. The van der Waals surface area contributed by atoms with E-state index in [-0.39, 0.29) is 0 Å². The van der Waals surface area contributed by atoms with Gasteiger partial charge >= 0.3 is 0 Å². The molecule has 0 radical (unpaired) electrons. The summed E-state index contributed by atoms with van der Waals surface area (Å²) in [5.41, 5.74) is 1.06. The van der Waals surface area contributed by atoms with Crippen LogP contribution >= 0.6 is 0 Å². The van der Waals surface area contributed by atoms with E-state index in [1.165, 1.54) is 12.8 Å². The second kappa shape index (κ2) is 7.33. The molecule has 1 atom stereocenters. The van der Waals surface area contributed by atoms with Crippen LogP contribution in [-0.2, 0) is 11.3 Å². The molecule has 4 heteroatoms. The molecule has 0 saturated carbocycles. The third kappa shape index (κ3) is 4.77. The first-order valence-electron chi connectivity index (χ1n) is 6.46. The second-order valence-electron chi connectivity index (χ2n) is 4.58. The lowest BCUT2D eigenvalue weighted by Gasteiger charge is -2.15. The number of nitrogens with one attached hydrogen (secondary N) is 1. The fraction of sp³-hybridized carbons (Fsp3) is 0.769. The van der Waals surface area contributed by atoms with Gasteiger partial charge < -0.3 is 14.6 Å². The summed E-state index contributed by atoms with van der Waals surface area (Å²) in [5, 5.41) is 3.47. The normalized spacial score (nSPS) is 12.7. The Morgan fingerprint density at radius 2 is 2.29 bits per heavy atom. The van der Waals surface area contributed by atoms with Gasteiger partial charge in [-0.15, -0.1) is 0 Å².